The van der Waals surface area contributed by atoms with Crippen LogP contribution < -0.4 is 5.32 Å². The molecule has 0 bridgehead atoms. The molecule has 2 nitrogen and oxygen atoms in total. The van der Waals surface area contributed by atoms with Gasteiger partial charge >= 0.3 is 0 Å². The molecular weight excluding hydrogens is 253 g/mol. The van der Waals surface area contributed by atoms with E-state index in [0.717, 1.165) is 12.0 Å². The fourth-order valence-electron chi connectivity index (χ4n) is 2.32. The maximum atomic E-state index is 13.3. The minimum absolute atomic E-state index is 0.190. The van der Waals surface area contributed by atoms with Crippen LogP contribution in [0.5, 0.6) is 0 Å². The molecule has 100 valence electrons. The largest absolute Gasteiger partial charge is 0.321 e. The minimum Gasteiger partial charge on any atom is -0.321 e. The molecule has 20 heavy (non-hydrogen) atoms. The second-order valence-corrected chi connectivity index (χ2v) is 4.80. The van der Waals surface area contributed by atoms with E-state index < -0.39 is 0 Å². The van der Waals surface area contributed by atoms with E-state index in [2.05, 4.69) is 12.2 Å². The van der Waals surface area contributed by atoms with Gasteiger partial charge in [0.05, 0.1) is 0 Å². The summed E-state index contributed by atoms with van der Waals surface area (Å²) in [5, 5.41) is 2.74. The zero-order chi connectivity index (χ0) is 14.1. The van der Waals surface area contributed by atoms with E-state index in [1.54, 1.807) is 12.1 Å². The van der Waals surface area contributed by atoms with Crippen molar-refractivity contribution in [3.63, 3.8) is 0 Å². The Morgan fingerprint density at radius 2 is 1.90 bits per heavy atom. The van der Waals surface area contributed by atoms with Gasteiger partial charge in [0.1, 0.15) is 5.82 Å². The summed E-state index contributed by atoms with van der Waals surface area (Å²) in [6, 6.07) is 12.3. The minimum atomic E-state index is -0.340. The number of fused-ring (bicyclic) bond motifs is 1. The van der Waals surface area contributed by atoms with Crippen LogP contribution in [0.1, 0.15) is 23.6 Å². The monoisotopic (exact) mass is 267 g/mol. The second-order valence-electron chi connectivity index (χ2n) is 4.80. The van der Waals surface area contributed by atoms with Crippen LogP contribution in [0.4, 0.5) is 10.1 Å². The predicted octanol–water partition coefficient (Wildman–Crippen LogP) is 3.88. The lowest BCUT2D eigenvalue weighted by Crippen LogP contribution is -2.03. The molecule has 0 atom stereocenters. The molecule has 0 aromatic heterocycles. The predicted molar refractivity (Wildman–Crippen MR) is 78.7 cm³/mol. The number of halogens is 1. The molecule has 1 amide bonds. The summed E-state index contributed by atoms with van der Waals surface area (Å²) in [5.41, 5.74) is 3.96. The Bertz CT molecular complexity index is 701. The van der Waals surface area contributed by atoms with E-state index in [0.29, 0.717) is 16.8 Å². The highest BCUT2D eigenvalue weighted by Gasteiger charge is 2.24. The molecule has 0 fully saturated rings. The number of benzene rings is 2. The zero-order valence-electron chi connectivity index (χ0n) is 11.1. The third-order valence-corrected chi connectivity index (χ3v) is 3.46. The first kappa shape index (κ1) is 12.6. The maximum Gasteiger partial charge on any atom is 0.256 e. The van der Waals surface area contributed by atoms with Gasteiger partial charge < -0.3 is 5.32 Å². The highest BCUT2D eigenvalue weighted by atomic mass is 19.1. The Morgan fingerprint density at radius 1 is 1.15 bits per heavy atom. The molecule has 0 spiro atoms. The van der Waals surface area contributed by atoms with Gasteiger partial charge in [0, 0.05) is 16.8 Å². The van der Waals surface area contributed by atoms with Crippen molar-refractivity contribution in [2.24, 2.45) is 0 Å². The zero-order valence-corrected chi connectivity index (χ0v) is 11.1. The van der Waals surface area contributed by atoms with E-state index in [1.807, 2.05) is 24.3 Å². The smallest absolute Gasteiger partial charge is 0.256 e. The number of rotatable bonds is 2. The van der Waals surface area contributed by atoms with E-state index in [1.165, 1.54) is 17.7 Å². The van der Waals surface area contributed by atoms with Crippen molar-refractivity contribution >= 4 is 23.2 Å². The van der Waals surface area contributed by atoms with Crippen molar-refractivity contribution in [2.45, 2.75) is 13.3 Å². The number of carbonyl (C=O) groups is 1. The lowest BCUT2D eigenvalue weighted by molar-refractivity contribution is -0.110. The van der Waals surface area contributed by atoms with Gasteiger partial charge in [0.2, 0.25) is 0 Å². The van der Waals surface area contributed by atoms with Crippen LogP contribution in [0.15, 0.2) is 42.5 Å². The molecule has 2 aromatic rings. The van der Waals surface area contributed by atoms with Gasteiger partial charge in [-0.25, -0.2) is 4.39 Å². The van der Waals surface area contributed by atoms with Gasteiger partial charge in [-0.2, -0.15) is 0 Å². The number of aryl methyl sites for hydroxylation is 1. The molecule has 1 aliphatic rings. The molecule has 0 saturated carbocycles. The molecule has 3 rings (SSSR count). The van der Waals surface area contributed by atoms with Crippen molar-refractivity contribution < 1.29 is 9.18 Å². The van der Waals surface area contributed by atoms with Gasteiger partial charge in [-0.3, -0.25) is 4.79 Å². The SMILES string of the molecule is CCc1ccc(/C=C2\C(=O)Nc3ccc(F)cc32)cc1. The van der Waals surface area contributed by atoms with Gasteiger partial charge in [-0.05, 0) is 41.8 Å². The summed E-state index contributed by atoms with van der Waals surface area (Å²) >= 11 is 0. The van der Waals surface area contributed by atoms with Crippen LogP contribution in [0.3, 0.4) is 0 Å². The third kappa shape index (κ3) is 2.23. The quantitative estimate of drug-likeness (QED) is 0.822. The fraction of sp³-hybridized carbons (Fsp3) is 0.118. The number of hydrogen-bond acceptors (Lipinski definition) is 1. The summed E-state index contributed by atoms with van der Waals surface area (Å²) in [5.74, 6) is -0.530. The molecule has 0 unspecified atom stereocenters. The van der Waals surface area contributed by atoms with Crippen LogP contribution in [0.25, 0.3) is 11.6 Å². The Morgan fingerprint density at radius 3 is 2.60 bits per heavy atom. The van der Waals surface area contributed by atoms with Crippen molar-refractivity contribution in [2.75, 3.05) is 5.32 Å². The van der Waals surface area contributed by atoms with E-state index in [9.17, 15) is 9.18 Å². The number of hydrogen-bond donors (Lipinski definition) is 1. The number of carbonyl (C=O) groups excluding carboxylic acids is 1. The van der Waals surface area contributed by atoms with Crippen LogP contribution in [0.2, 0.25) is 0 Å². The van der Waals surface area contributed by atoms with Gasteiger partial charge in [0.25, 0.3) is 5.91 Å². The third-order valence-electron chi connectivity index (χ3n) is 3.46. The van der Waals surface area contributed by atoms with Crippen LogP contribution in [-0.4, -0.2) is 5.91 Å². The fourth-order valence-corrected chi connectivity index (χ4v) is 2.32. The van der Waals surface area contributed by atoms with E-state index in [4.69, 9.17) is 0 Å². The van der Waals surface area contributed by atoms with Crippen molar-refractivity contribution in [3.05, 3.63) is 65.0 Å². The average Bonchev–Trinajstić information content (AvgIpc) is 2.76. The first-order valence-corrected chi connectivity index (χ1v) is 6.59. The highest BCUT2D eigenvalue weighted by molar-refractivity contribution is 6.34. The summed E-state index contributed by atoms with van der Waals surface area (Å²) in [6.45, 7) is 2.09. The van der Waals surface area contributed by atoms with E-state index in [-0.39, 0.29) is 11.7 Å². The van der Waals surface area contributed by atoms with E-state index >= 15 is 0 Å². The Hall–Kier alpha value is -2.42. The van der Waals surface area contributed by atoms with Gasteiger partial charge in [-0.1, -0.05) is 31.2 Å². The molecule has 1 N–H and O–H groups in total. The summed E-state index contributed by atoms with van der Waals surface area (Å²) in [6.07, 6.45) is 2.77. The second kappa shape index (κ2) is 4.93. The molecule has 0 radical (unpaired) electrons. The normalized spacial score (nSPS) is 15.3. The molecule has 1 heterocycles. The number of nitrogens with one attached hydrogen (secondary N) is 1. The first-order chi connectivity index (χ1) is 9.67. The van der Waals surface area contributed by atoms with Crippen molar-refractivity contribution in [1.29, 1.82) is 0 Å². The Balaban J connectivity index is 2.03. The lowest BCUT2D eigenvalue weighted by atomic mass is 10.0. The van der Waals surface area contributed by atoms with Crippen LogP contribution in [0, 0.1) is 5.82 Å². The van der Waals surface area contributed by atoms with Gasteiger partial charge in [-0.15, -0.1) is 0 Å². The average molecular weight is 267 g/mol. The molecule has 2 aromatic carbocycles. The maximum absolute atomic E-state index is 13.3. The molecule has 1 aliphatic heterocycles. The summed E-state index contributed by atoms with van der Waals surface area (Å²) < 4.78 is 13.3. The van der Waals surface area contributed by atoms with Crippen molar-refractivity contribution in [3.8, 4) is 0 Å². The topological polar surface area (TPSA) is 29.1 Å². The Labute approximate surface area is 116 Å². The first-order valence-electron chi connectivity index (χ1n) is 6.59. The summed E-state index contributed by atoms with van der Waals surface area (Å²) in [7, 11) is 0. The van der Waals surface area contributed by atoms with Gasteiger partial charge in [0.15, 0.2) is 0 Å². The Kier molecular flexibility index (Phi) is 3.11. The number of anilines is 1. The van der Waals surface area contributed by atoms with Crippen LogP contribution in [-0.2, 0) is 11.2 Å². The molecular formula is C17H14FNO. The number of amides is 1. The molecule has 3 heteroatoms. The van der Waals surface area contributed by atoms with Crippen molar-refractivity contribution in [1.82, 2.24) is 0 Å². The highest BCUT2D eigenvalue weighted by Crippen LogP contribution is 2.33. The standard InChI is InChI=1S/C17H14FNO/c1-2-11-3-5-12(6-4-11)9-15-14-10-13(18)7-8-16(14)19-17(15)20/h3-10H,2H2,1H3,(H,19,20)/b15-9-. The lowest BCUT2D eigenvalue weighted by Gasteiger charge is -2.00. The molecule has 0 aliphatic carbocycles. The summed E-state index contributed by atoms with van der Waals surface area (Å²) in [4.78, 5) is 12.0. The van der Waals surface area contributed by atoms with Crippen LogP contribution >= 0.6 is 0 Å². The molecule has 0 saturated heterocycles.